The third-order valence-electron chi connectivity index (χ3n) is 3.01. The van der Waals surface area contributed by atoms with Gasteiger partial charge in [0.25, 0.3) is 0 Å². The van der Waals surface area contributed by atoms with Crippen LogP contribution in [0.5, 0.6) is 0 Å². The summed E-state index contributed by atoms with van der Waals surface area (Å²) in [5.74, 6) is 0.648. The molecule has 90 valence electrons. The third-order valence-corrected chi connectivity index (χ3v) is 3.01. The molecule has 3 N–H and O–H groups in total. The molecule has 1 aliphatic rings. The van der Waals surface area contributed by atoms with E-state index in [1.165, 1.54) is 12.8 Å². The van der Waals surface area contributed by atoms with E-state index in [9.17, 15) is 4.79 Å². The van der Waals surface area contributed by atoms with Crippen molar-refractivity contribution < 1.29 is 4.79 Å². The molecular formula is C13H22N2O. The van der Waals surface area contributed by atoms with Gasteiger partial charge in [-0.2, -0.15) is 0 Å². The summed E-state index contributed by atoms with van der Waals surface area (Å²) in [7, 11) is 0. The minimum Gasteiger partial charge on any atom is -0.354 e. The fourth-order valence-electron chi connectivity index (χ4n) is 1.77. The molecule has 16 heavy (non-hydrogen) atoms. The molecule has 1 fully saturated rings. The summed E-state index contributed by atoms with van der Waals surface area (Å²) in [5.41, 5.74) is 5.92. The van der Waals surface area contributed by atoms with E-state index in [2.05, 4.69) is 18.5 Å². The largest absolute Gasteiger partial charge is 0.354 e. The van der Waals surface area contributed by atoms with E-state index in [0.717, 1.165) is 0 Å². The van der Waals surface area contributed by atoms with Gasteiger partial charge in [0.1, 0.15) is 0 Å². The Labute approximate surface area is 97.8 Å². The van der Waals surface area contributed by atoms with Crippen LogP contribution in [0.15, 0.2) is 25.3 Å². The lowest BCUT2D eigenvalue weighted by molar-refractivity contribution is -0.124. The molecule has 3 nitrogen and oxygen atoms in total. The maximum Gasteiger partial charge on any atom is 0.223 e. The van der Waals surface area contributed by atoms with Crippen LogP contribution in [0.4, 0.5) is 0 Å². The Morgan fingerprint density at radius 2 is 1.94 bits per heavy atom. The Morgan fingerprint density at radius 3 is 2.38 bits per heavy atom. The van der Waals surface area contributed by atoms with E-state index in [-0.39, 0.29) is 17.9 Å². The average molecular weight is 222 g/mol. The summed E-state index contributed by atoms with van der Waals surface area (Å²) in [4.78, 5) is 11.8. The number of nitrogens with two attached hydrogens (primary N) is 1. The van der Waals surface area contributed by atoms with Gasteiger partial charge in [0.2, 0.25) is 5.91 Å². The predicted molar refractivity (Wildman–Crippen MR) is 66.8 cm³/mol. The first-order valence-electron chi connectivity index (χ1n) is 5.94. The molecule has 1 unspecified atom stereocenters. The molecule has 0 spiro atoms. The topological polar surface area (TPSA) is 55.1 Å². The van der Waals surface area contributed by atoms with Crippen molar-refractivity contribution in [3.8, 4) is 0 Å². The van der Waals surface area contributed by atoms with E-state index in [1.807, 2.05) is 0 Å². The van der Waals surface area contributed by atoms with Gasteiger partial charge in [-0.3, -0.25) is 4.79 Å². The number of nitrogens with one attached hydrogen (secondary N) is 1. The second-order valence-corrected chi connectivity index (χ2v) is 4.49. The van der Waals surface area contributed by atoms with Crippen molar-refractivity contribution in [1.29, 1.82) is 0 Å². The summed E-state index contributed by atoms with van der Waals surface area (Å²) in [6.07, 6.45) is 7.34. The van der Waals surface area contributed by atoms with E-state index in [0.29, 0.717) is 25.3 Å². The Kier molecular flexibility index (Phi) is 5.26. The molecule has 1 aliphatic carbocycles. The van der Waals surface area contributed by atoms with Crippen LogP contribution in [-0.4, -0.2) is 18.5 Å². The highest BCUT2D eigenvalue weighted by atomic mass is 16.1. The number of carbonyl (C=O) groups is 1. The molecule has 1 saturated carbocycles. The van der Waals surface area contributed by atoms with Crippen molar-refractivity contribution in [2.45, 2.75) is 31.7 Å². The van der Waals surface area contributed by atoms with Gasteiger partial charge < -0.3 is 11.1 Å². The molecular weight excluding hydrogens is 200 g/mol. The van der Waals surface area contributed by atoms with Gasteiger partial charge in [0, 0.05) is 18.5 Å². The highest BCUT2D eigenvalue weighted by Gasteiger charge is 2.28. The number of hydrogen-bond acceptors (Lipinski definition) is 2. The third kappa shape index (κ3) is 4.19. The van der Waals surface area contributed by atoms with Crippen molar-refractivity contribution in [2.24, 2.45) is 17.6 Å². The van der Waals surface area contributed by atoms with Gasteiger partial charge in [-0.25, -0.2) is 0 Å². The molecule has 0 aromatic carbocycles. The maximum absolute atomic E-state index is 11.8. The van der Waals surface area contributed by atoms with Crippen LogP contribution in [0.1, 0.15) is 25.7 Å². The summed E-state index contributed by atoms with van der Waals surface area (Å²) >= 11 is 0. The SMILES string of the molecule is C=CCC(CC=C)C(=O)NCC(N)C1CC1. The standard InChI is InChI=1S/C13H22N2O/c1-3-5-11(6-4-2)13(16)15-9-12(14)10-7-8-10/h3-4,10-12H,1-2,5-9,14H2,(H,15,16). The lowest BCUT2D eigenvalue weighted by atomic mass is 10.0. The summed E-state index contributed by atoms with van der Waals surface area (Å²) in [6.45, 7) is 7.91. The van der Waals surface area contributed by atoms with Gasteiger partial charge in [-0.1, -0.05) is 12.2 Å². The lowest BCUT2D eigenvalue weighted by Crippen LogP contribution is -2.41. The highest BCUT2D eigenvalue weighted by molar-refractivity contribution is 5.79. The average Bonchev–Trinajstić information content (AvgIpc) is 3.09. The van der Waals surface area contributed by atoms with Gasteiger partial charge in [-0.15, -0.1) is 13.2 Å². The first-order chi connectivity index (χ1) is 7.69. The minimum absolute atomic E-state index is 0.0404. The van der Waals surface area contributed by atoms with Gasteiger partial charge >= 0.3 is 0 Å². The zero-order valence-corrected chi connectivity index (χ0v) is 9.82. The molecule has 0 radical (unpaired) electrons. The van der Waals surface area contributed by atoms with Crippen molar-refractivity contribution >= 4 is 5.91 Å². The summed E-state index contributed by atoms with van der Waals surface area (Å²) < 4.78 is 0. The molecule has 0 aromatic rings. The molecule has 0 aromatic heterocycles. The second kappa shape index (κ2) is 6.48. The Bertz CT molecular complexity index is 249. The van der Waals surface area contributed by atoms with Gasteiger partial charge in [0.15, 0.2) is 0 Å². The number of amides is 1. The van der Waals surface area contributed by atoms with Crippen LogP contribution in [0.2, 0.25) is 0 Å². The van der Waals surface area contributed by atoms with Crippen LogP contribution < -0.4 is 11.1 Å². The lowest BCUT2D eigenvalue weighted by Gasteiger charge is -2.16. The minimum atomic E-state index is -0.0404. The van der Waals surface area contributed by atoms with Crippen molar-refractivity contribution in [3.05, 3.63) is 25.3 Å². The normalized spacial score (nSPS) is 16.9. The Balaban J connectivity index is 2.29. The Hall–Kier alpha value is -1.09. The predicted octanol–water partition coefficient (Wildman–Crippen LogP) is 1.61. The van der Waals surface area contributed by atoms with E-state index >= 15 is 0 Å². The zero-order chi connectivity index (χ0) is 12.0. The first-order valence-corrected chi connectivity index (χ1v) is 5.94. The van der Waals surface area contributed by atoms with Crippen LogP contribution in [0.25, 0.3) is 0 Å². The fraction of sp³-hybridized carbons (Fsp3) is 0.615. The Morgan fingerprint density at radius 1 is 1.38 bits per heavy atom. The van der Waals surface area contributed by atoms with Gasteiger partial charge in [0.05, 0.1) is 0 Å². The second-order valence-electron chi connectivity index (χ2n) is 4.49. The quantitative estimate of drug-likeness (QED) is 0.613. The monoisotopic (exact) mass is 222 g/mol. The van der Waals surface area contributed by atoms with Crippen LogP contribution in [0.3, 0.4) is 0 Å². The molecule has 3 heteroatoms. The maximum atomic E-state index is 11.8. The summed E-state index contributed by atoms with van der Waals surface area (Å²) in [5, 5.41) is 2.91. The van der Waals surface area contributed by atoms with E-state index < -0.39 is 0 Å². The van der Waals surface area contributed by atoms with E-state index in [4.69, 9.17) is 5.73 Å². The molecule has 1 amide bonds. The molecule has 0 heterocycles. The van der Waals surface area contributed by atoms with Crippen LogP contribution in [0, 0.1) is 11.8 Å². The first kappa shape index (κ1) is 13.0. The number of allylic oxidation sites excluding steroid dienone is 2. The summed E-state index contributed by atoms with van der Waals surface area (Å²) in [6, 6.07) is 0.122. The smallest absolute Gasteiger partial charge is 0.223 e. The number of hydrogen-bond donors (Lipinski definition) is 2. The molecule has 1 atom stereocenters. The van der Waals surface area contributed by atoms with Crippen molar-refractivity contribution in [3.63, 3.8) is 0 Å². The number of carbonyl (C=O) groups excluding carboxylic acids is 1. The molecule has 0 saturated heterocycles. The van der Waals surface area contributed by atoms with Crippen LogP contribution >= 0.6 is 0 Å². The van der Waals surface area contributed by atoms with E-state index in [1.54, 1.807) is 12.2 Å². The van der Waals surface area contributed by atoms with Crippen molar-refractivity contribution in [1.82, 2.24) is 5.32 Å². The van der Waals surface area contributed by atoms with Crippen LogP contribution in [-0.2, 0) is 4.79 Å². The molecule has 0 bridgehead atoms. The highest BCUT2D eigenvalue weighted by Crippen LogP contribution is 2.31. The van der Waals surface area contributed by atoms with Gasteiger partial charge in [-0.05, 0) is 31.6 Å². The molecule has 1 rings (SSSR count). The molecule has 0 aliphatic heterocycles. The zero-order valence-electron chi connectivity index (χ0n) is 9.82. The fourth-order valence-corrected chi connectivity index (χ4v) is 1.77. The van der Waals surface area contributed by atoms with Crippen molar-refractivity contribution in [2.75, 3.05) is 6.54 Å². The number of rotatable bonds is 8.